The van der Waals surface area contributed by atoms with Crippen LogP contribution in [0.1, 0.15) is 34.6 Å². The van der Waals surface area contributed by atoms with Crippen LogP contribution in [0, 0.1) is 10.1 Å². The largest absolute Gasteiger partial charge is 0.350 e. The van der Waals surface area contributed by atoms with Gasteiger partial charge in [-0.05, 0) is 38.1 Å². The van der Waals surface area contributed by atoms with Crippen molar-refractivity contribution >= 4 is 34.8 Å². The maximum absolute atomic E-state index is 12.4. The highest BCUT2D eigenvalue weighted by Gasteiger charge is 2.18. The predicted molar refractivity (Wildman–Crippen MR) is 95.1 cm³/mol. The maximum Gasteiger partial charge on any atom is 0.288 e. The van der Waals surface area contributed by atoms with Gasteiger partial charge < -0.3 is 10.6 Å². The van der Waals surface area contributed by atoms with Gasteiger partial charge >= 0.3 is 0 Å². The molecule has 0 radical (unpaired) electrons. The first-order valence-electron chi connectivity index (χ1n) is 7.44. The molecule has 0 bridgehead atoms. The third-order valence-corrected chi connectivity index (χ3v) is 3.56. The van der Waals surface area contributed by atoms with Gasteiger partial charge in [0.25, 0.3) is 17.5 Å². The van der Waals surface area contributed by atoms with Crippen LogP contribution in [0.3, 0.4) is 0 Å². The number of benzene rings is 2. The van der Waals surface area contributed by atoms with Crippen molar-refractivity contribution in [2.45, 2.75) is 19.9 Å². The van der Waals surface area contributed by atoms with Crippen LogP contribution in [0.4, 0.5) is 11.4 Å². The van der Waals surface area contributed by atoms with Gasteiger partial charge in [-0.2, -0.15) is 0 Å². The molecule has 8 heteroatoms. The molecule has 0 aromatic heterocycles. The summed E-state index contributed by atoms with van der Waals surface area (Å²) in [6.07, 6.45) is 0. The minimum Gasteiger partial charge on any atom is -0.350 e. The molecule has 0 aliphatic carbocycles. The Labute approximate surface area is 149 Å². The SMILES string of the molecule is CC(C)NC(=O)c1ccccc1NC(=O)c1ccc(Cl)c([N+](=O)[O-])c1. The number of hydrogen-bond donors (Lipinski definition) is 2. The van der Waals surface area contributed by atoms with Crippen molar-refractivity contribution in [1.82, 2.24) is 5.32 Å². The normalized spacial score (nSPS) is 10.4. The Bertz CT molecular complexity index is 836. The van der Waals surface area contributed by atoms with Gasteiger partial charge in [-0.3, -0.25) is 19.7 Å². The number of amides is 2. The molecular formula is C17H16ClN3O4. The number of halogens is 1. The third-order valence-electron chi connectivity index (χ3n) is 3.24. The lowest BCUT2D eigenvalue weighted by atomic mass is 10.1. The van der Waals surface area contributed by atoms with Crippen molar-refractivity contribution in [3.05, 3.63) is 68.7 Å². The second kappa shape index (κ2) is 7.76. The van der Waals surface area contributed by atoms with E-state index in [2.05, 4.69) is 10.6 Å². The first-order chi connectivity index (χ1) is 11.8. The molecule has 0 unspecified atom stereocenters. The Hall–Kier alpha value is -2.93. The van der Waals surface area contributed by atoms with E-state index < -0.39 is 10.8 Å². The molecule has 2 N–H and O–H groups in total. The van der Waals surface area contributed by atoms with Crippen LogP contribution in [0.15, 0.2) is 42.5 Å². The number of nitrogens with zero attached hydrogens (tertiary/aromatic N) is 1. The summed E-state index contributed by atoms with van der Waals surface area (Å²) in [7, 11) is 0. The molecule has 7 nitrogen and oxygen atoms in total. The molecule has 0 saturated carbocycles. The fourth-order valence-electron chi connectivity index (χ4n) is 2.12. The molecule has 0 fully saturated rings. The van der Waals surface area contributed by atoms with E-state index in [0.29, 0.717) is 11.3 Å². The van der Waals surface area contributed by atoms with Crippen molar-refractivity contribution in [2.24, 2.45) is 0 Å². The summed E-state index contributed by atoms with van der Waals surface area (Å²) in [6, 6.07) is 10.2. The van der Waals surface area contributed by atoms with Crippen molar-refractivity contribution in [3.8, 4) is 0 Å². The van der Waals surface area contributed by atoms with E-state index in [1.165, 1.54) is 12.1 Å². The van der Waals surface area contributed by atoms with Gasteiger partial charge in [0.2, 0.25) is 0 Å². The second-order valence-electron chi connectivity index (χ2n) is 5.55. The second-order valence-corrected chi connectivity index (χ2v) is 5.96. The van der Waals surface area contributed by atoms with Crippen molar-refractivity contribution in [3.63, 3.8) is 0 Å². The average Bonchev–Trinajstić information content (AvgIpc) is 2.54. The van der Waals surface area contributed by atoms with Gasteiger partial charge in [-0.25, -0.2) is 0 Å². The fraction of sp³-hybridized carbons (Fsp3) is 0.176. The van der Waals surface area contributed by atoms with Gasteiger partial charge in [0.05, 0.1) is 16.2 Å². The highest BCUT2D eigenvalue weighted by atomic mass is 35.5. The Morgan fingerprint density at radius 3 is 2.44 bits per heavy atom. The molecule has 2 aromatic rings. The Balaban J connectivity index is 2.29. The number of nitro benzene ring substituents is 1. The van der Waals surface area contributed by atoms with E-state index in [1.54, 1.807) is 24.3 Å². The highest BCUT2D eigenvalue weighted by Crippen LogP contribution is 2.26. The van der Waals surface area contributed by atoms with E-state index in [9.17, 15) is 19.7 Å². The number of para-hydroxylation sites is 1. The number of carbonyl (C=O) groups excluding carboxylic acids is 2. The molecular weight excluding hydrogens is 346 g/mol. The number of hydrogen-bond acceptors (Lipinski definition) is 4. The third kappa shape index (κ3) is 4.54. The summed E-state index contributed by atoms with van der Waals surface area (Å²) in [5.41, 5.74) is 0.312. The number of nitro groups is 1. The first-order valence-corrected chi connectivity index (χ1v) is 7.82. The maximum atomic E-state index is 12.4. The van der Waals surface area contributed by atoms with Crippen LogP contribution in [-0.4, -0.2) is 22.8 Å². The Morgan fingerprint density at radius 2 is 1.80 bits per heavy atom. The monoisotopic (exact) mass is 361 g/mol. The molecule has 2 rings (SSSR count). The van der Waals surface area contributed by atoms with Gasteiger partial charge in [0, 0.05) is 17.7 Å². The molecule has 0 spiro atoms. The predicted octanol–water partition coefficient (Wildman–Crippen LogP) is 3.64. The average molecular weight is 362 g/mol. The van der Waals surface area contributed by atoms with Crippen molar-refractivity contribution in [1.29, 1.82) is 0 Å². The lowest BCUT2D eigenvalue weighted by molar-refractivity contribution is -0.384. The molecule has 0 aliphatic rings. The van der Waals surface area contributed by atoms with Crippen LogP contribution < -0.4 is 10.6 Å². The zero-order valence-electron chi connectivity index (χ0n) is 13.6. The van der Waals surface area contributed by atoms with E-state index in [4.69, 9.17) is 11.6 Å². The van der Waals surface area contributed by atoms with Gasteiger partial charge in [0.1, 0.15) is 5.02 Å². The van der Waals surface area contributed by atoms with E-state index in [-0.39, 0.29) is 28.2 Å². The smallest absolute Gasteiger partial charge is 0.288 e. The van der Waals surface area contributed by atoms with Gasteiger partial charge in [-0.15, -0.1) is 0 Å². The van der Waals surface area contributed by atoms with Crippen LogP contribution in [0.5, 0.6) is 0 Å². The lowest BCUT2D eigenvalue weighted by Gasteiger charge is -2.13. The van der Waals surface area contributed by atoms with E-state index in [0.717, 1.165) is 6.07 Å². The molecule has 25 heavy (non-hydrogen) atoms. The summed E-state index contributed by atoms with van der Waals surface area (Å²) in [5.74, 6) is -0.905. The first kappa shape index (κ1) is 18.4. The lowest BCUT2D eigenvalue weighted by Crippen LogP contribution is -2.31. The quantitative estimate of drug-likeness (QED) is 0.627. The fourth-order valence-corrected chi connectivity index (χ4v) is 2.30. The Morgan fingerprint density at radius 1 is 1.12 bits per heavy atom. The van der Waals surface area contributed by atoms with Crippen molar-refractivity contribution < 1.29 is 14.5 Å². The minimum absolute atomic E-state index is 0.0572. The zero-order chi connectivity index (χ0) is 18.6. The molecule has 0 aliphatic heterocycles. The summed E-state index contributed by atoms with van der Waals surface area (Å²) in [5, 5.41) is 16.2. The van der Waals surface area contributed by atoms with E-state index >= 15 is 0 Å². The highest BCUT2D eigenvalue weighted by molar-refractivity contribution is 6.32. The number of carbonyl (C=O) groups is 2. The summed E-state index contributed by atoms with van der Waals surface area (Å²) in [4.78, 5) is 34.9. The van der Waals surface area contributed by atoms with Crippen LogP contribution in [-0.2, 0) is 0 Å². The number of rotatable bonds is 5. The van der Waals surface area contributed by atoms with Gasteiger partial charge in [-0.1, -0.05) is 23.7 Å². The van der Waals surface area contributed by atoms with Crippen LogP contribution in [0.2, 0.25) is 5.02 Å². The Kier molecular flexibility index (Phi) is 5.71. The summed E-state index contributed by atoms with van der Waals surface area (Å²) in [6.45, 7) is 3.65. The molecule has 2 amide bonds. The topological polar surface area (TPSA) is 101 Å². The standard InChI is InChI=1S/C17H16ClN3O4/c1-10(2)19-17(23)12-5-3-4-6-14(12)20-16(22)11-7-8-13(18)15(9-11)21(24)25/h3-10H,1-2H3,(H,19,23)(H,20,22). The van der Waals surface area contributed by atoms with Crippen LogP contribution >= 0.6 is 11.6 Å². The summed E-state index contributed by atoms with van der Waals surface area (Å²) >= 11 is 5.74. The molecule has 0 saturated heterocycles. The zero-order valence-corrected chi connectivity index (χ0v) is 14.3. The molecule has 2 aromatic carbocycles. The van der Waals surface area contributed by atoms with E-state index in [1.807, 2.05) is 13.8 Å². The molecule has 0 atom stereocenters. The molecule has 130 valence electrons. The molecule has 0 heterocycles. The minimum atomic E-state index is -0.664. The van der Waals surface area contributed by atoms with Crippen molar-refractivity contribution in [2.75, 3.05) is 5.32 Å². The number of anilines is 1. The van der Waals surface area contributed by atoms with Crippen LogP contribution in [0.25, 0.3) is 0 Å². The number of nitrogens with one attached hydrogen (secondary N) is 2. The van der Waals surface area contributed by atoms with Gasteiger partial charge in [0.15, 0.2) is 0 Å². The summed E-state index contributed by atoms with van der Waals surface area (Å²) < 4.78 is 0.